The van der Waals surface area contributed by atoms with Crippen LogP contribution in [0.3, 0.4) is 0 Å². The highest BCUT2D eigenvalue weighted by atomic mass is 16.5. The van der Waals surface area contributed by atoms with Gasteiger partial charge in [-0.25, -0.2) is 0 Å². The van der Waals surface area contributed by atoms with E-state index in [0.29, 0.717) is 18.0 Å². The van der Waals surface area contributed by atoms with Crippen LogP contribution in [0.1, 0.15) is 0 Å². The van der Waals surface area contributed by atoms with Crippen LogP contribution >= 0.6 is 0 Å². The van der Waals surface area contributed by atoms with Crippen molar-refractivity contribution < 1.29 is 9.80 Å². The van der Waals surface area contributed by atoms with E-state index in [1.165, 1.54) is 6.07 Å². The summed E-state index contributed by atoms with van der Waals surface area (Å²) < 4.78 is 6.84. The number of quaternary nitrogens is 1. The lowest BCUT2D eigenvalue weighted by Crippen LogP contribution is -3.02. The van der Waals surface area contributed by atoms with E-state index in [2.05, 4.69) is 0 Å². The second-order valence-electron chi connectivity index (χ2n) is 4.90. The number of hydrogen-bond donors (Lipinski definition) is 1. The fourth-order valence-corrected chi connectivity index (χ4v) is 2.96. The van der Waals surface area contributed by atoms with Crippen molar-refractivity contribution in [2.24, 2.45) is 0 Å². The highest BCUT2D eigenvalue weighted by Gasteiger charge is 2.20. The number of pyridine rings is 1. The van der Waals surface area contributed by atoms with Crippen LogP contribution in [-0.2, 0) is 0 Å². The summed E-state index contributed by atoms with van der Waals surface area (Å²) in [6, 6.07) is 8.72. The lowest BCUT2D eigenvalue weighted by atomic mass is 10.1. The number of methoxy groups -OCH3 is 1. The monoisotopic (exact) mass is 268 g/mol. The highest BCUT2D eigenvalue weighted by Crippen LogP contribution is 2.22. The third-order valence-electron chi connectivity index (χ3n) is 3.87. The summed E-state index contributed by atoms with van der Waals surface area (Å²) >= 11 is 0. The first-order chi connectivity index (χ1) is 9.70. The molecule has 3 aromatic rings. The van der Waals surface area contributed by atoms with E-state index < -0.39 is 0 Å². The standard InChI is InChI=1S/C15H12N2O3/c1-20-9-2-3-10-11-6-7-16(19)12-4-5-14(18)17(15(11)12)13(10)8-9/h2-6,8,16H,7H2,1H3. The number of aromatic nitrogens is 1. The van der Waals surface area contributed by atoms with Gasteiger partial charge < -0.3 is 15.0 Å². The van der Waals surface area contributed by atoms with Crippen molar-refractivity contribution in [3.63, 3.8) is 0 Å². The molecule has 100 valence electrons. The summed E-state index contributed by atoms with van der Waals surface area (Å²) in [6.45, 7) is 0.381. The van der Waals surface area contributed by atoms with Gasteiger partial charge in [-0.1, -0.05) is 0 Å². The largest absolute Gasteiger partial charge is 0.629 e. The number of fused-ring (bicyclic) bond motifs is 3. The lowest BCUT2D eigenvalue weighted by Gasteiger charge is -2.23. The Labute approximate surface area is 113 Å². The smallest absolute Gasteiger partial charge is 0.256 e. The zero-order valence-corrected chi connectivity index (χ0v) is 10.8. The molecule has 1 atom stereocenters. The van der Waals surface area contributed by atoms with E-state index in [9.17, 15) is 10.0 Å². The zero-order valence-electron chi connectivity index (χ0n) is 10.8. The third-order valence-corrected chi connectivity index (χ3v) is 3.87. The molecule has 0 aliphatic carbocycles. The molecule has 2 aromatic heterocycles. The summed E-state index contributed by atoms with van der Waals surface area (Å²) in [5.74, 6) is 0.693. The molecule has 0 saturated carbocycles. The van der Waals surface area contributed by atoms with Gasteiger partial charge in [0.05, 0.1) is 12.6 Å². The van der Waals surface area contributed by atoms with Crippen molar-refractivity contribution >= 4 is 28.2 Å². The molecule has 1 aliphatic rings. The van der Waals surface area contributed by atoms with Crippen molar-refractivity contribution in [2.75, 3.05) is 13.7 Å². The number of hydroxylamine groups is 1. The van der Waals surface area contributed by atoms with Gasteiger partial charge in [0, 0.05) is 28.8 Å². The van der Waals surface area contributed by atoms with Crippen LogP contribution in [0, 0.1) is 5.21 Å². The van der Waals surface area contributed by atoms with E-state index in [1.807, 2.05) is 24.3 Å². The second-order valence-corrected chi connectivity index (χ2v) is 4.90. The number of nitrogens with zero attached hydrogens (tertiary/aromatic N) is 1. The molecule has 0 fully saturated rings. The molecule has 0 amide bonds. The maximum atomic E-state index is 12.2. The minimum absolute atomic E-state index is 0.0530. The third kappa shape index (κ3) is 1.31. The van der Waals surface area contributed by atoms with Gasteiger partial charge in [-0.2, -0.15) is 0 Å². The molecule has 0 saturated heterocycles. The maximum Gasteiger partial charge on any atom is 0.256 e. The molecular formula is C15H12N2O3. The van der Waals surface area contributed by atoms with E-state index in [1.54, 1.807) is 17.6 Å². The Morgan fingerprint density at radius 3 is 2.95 bits per heavy atom. The molecule has 0 radical (unpaired) electrons. The summed E-state index contributed by atoms with van der Waals surface area (Å²) in [4.78, 5) is 12.2. The van der Waals surface area contributed by atoms with Gasteiger partial charge in [0.1, 0.15) is 17.8 Å². The Hall–Kier alpha value is -2.37. The molecule has 4 rings (SSSR count). The summed E-state index contributed by atoms with van der Waals surface area (Å²) in [5, 5.41) is 14.0. The first-order valence-corrected chi connectivity index (χ1v) is 6.39. The number of benzene rings is 1. The molecule has 1 N–H and O–H groups in total. The van der Waals surface area contributed by atoms with Crippen LogP contribution in [0.5, 0.6) is 5.75 Å². The van der Waals surface area contributed by atoms with Gasteiger partial charge in [-0.05, 0) is 18.2 Å². The Kier molecular flexibility index (Phi) is 2.19. The van der Waals surface area contributed by atoms with Gasteiger partial charge in [-0.15, -0.1) is 0 Å². The second kappa shape index (κ2) is 3.82. The molecule has 1 aliphatic heterocycles. The predicted octanol–water partition coefficient (Wildman–Crippen LogP) is -0.0115. The first-order valence-electron chi connectivity index (χ1n) is 6.39. The van der Waals surface area contributed by atoms with Gasteiger partial charge in [0.2, 0.25) is 0 Å². The zero-order chi connectivity index (χ0) is 13.9. The Bertz CT molecular complexity index is 959. The minimum Gasteiger partial charge on any atom is -0.629 e. The Balaban J connectivity index is 2.34. The molecule has 0 bridgehead atoms. The molecule has 5 nitrogen and oxygen atoms in total. The van der Waals surface area contributed by atoms with Crippen LogP contribution in [0.25, 0.3) is 22.5 Å². The Morgan fingerprint density at radius 2 is 2.15 bits per heavy atom. The molecule has 5 heteroatoms. The van der Waals surface area contributed by atoms with E-state index in [-0.39, 0.29) is 10.6 Å². The SMILES string of the molecule is COc1ccc2c3c4c(ccc(=O)n4c2c1)[NH+]([O-])CC=3. The van der Waals surface area contributed by atoms with Crippen LogP contribution in [0.4, 0.5) is 5.69 Å². The Morgan fingerprint density at radius 1 is 1.30 bits per heavy atom. The summed E-state index contributed by atoms with van der Waals surface area (Å²) in [5.41, 5.74) is 2.00. The normalized spacial score (nSPS) is 17.4. The number of ether oxygens (including phenoxy) is 1. The number of nitrogens with one attached hydrogen (secondary N) is 1. The molecule has 20 heavy (non-hydrogen) atoms. The van der Waals surface area contributed by atoms with Crippen LogP contribution in [0.2, 0.25) is 0 Å². The van der Waals surface area contributed by atoms with Crippen molar-refractivity contribution in [3.8, 4) is 5.75 Å². The maximum absolute atomic E-state index is 12.2. The van der Waals surface area contributed by atoms with Gasteiger partial charge in [0.25, 0.3) is 5.56 Å². The average Bonchev–Trinajstić information content (AvgIpc) is 2.80. The predicted molar refractivity (Wildman–Crippen MR) is 76.3 cm³/mol. The van der Waals surface area contributed by atoms with E-state index >= 15 is 0 Å². The van der Waals surface area contributed by atoms with Crippen molar-refractivity contribution in [1.29, 1.82) is 0 Å². The van der Waals surface area contributed by atoms with Crippen LogP contribution in [0.15, 0.2) is 35.1 Å². The molecule has 0 spiro atoms. The van der Waals surface area contributed by atoms with Crippen LogP contribution < -0.4 is 20.6 Å². The van der Waals surface area contributed by atoms with Crippen molar-refractivity contribution in [2.45, 2.75) is 0 Å². The molecule has 1 aromatic carbocycles. The molecular weight excluding hydrogens is 256 g/mol. The van der Waals surface area contributed by atoms with E-state index in [0.717, 1.165) is 21.6 Å². The topological polar surface area (TPSA) is 58.2 Å². The molecule has 1 unspecified atom stereocenters. The van der Waals surface area contributed by atoms with Gasteiger partial charge >= 0.3 is 0 Å². The van der Waals surface area contributed by atoms with Crippen molar-refractivity contribution in [1.82, 2.24) is 4.40 Å². The highest BCUT2D eigenvalue weighted by molar-refractivity contribution is 5.93. The number of rotatable bonds is 1. The van der Waals surface area contributed by atoms with Gasteiger partial charge in [0.15, 0.2) is 5.69 Å². The van der Waals surface area contributed by atoms with Gasteiger partial charge in [-0.3, -0.25) is 9.20 Å². The van der Waals surface area contributed by atoms with Crippen LogP contribution in [-0.4, -0.2) is 18.1 Å². The quantitative estimate of drug-likeness (QED) is 0.631. The van der Waals surface area contributed by atoms with Crippen molar-refractivity contribution in [3.05, 3.63) is 51.1 Å². The summed E-state index contributed by atoms with van der Waals surface area (Å²) in [6.07, 6.45) is 1.90. The molecule has 3 heterocycles. The lowest BCUT2D eigenvalue weighted by molar-refractivity contribution is -0.765. The minimum atomic E-state index is -0.128. The number of hydrogen-bond acceptors (Lipinski definition) is 3. The fraction of sp³-hybridized carbons (Fsp3) is 0.133. The van der Waals surface area contributed by atoms with E-state index in [4.69, 9.17) is 4.74 Å². The average molecular weight is 268 g/mol. The fourth-order valence-electron chi connectivity index (χ4n) is 2.96. The first kappa shape index (κ1) is 11.5. The summed E-state index contributed by atoms with van der Waals surface area (Å²) in [7, 11) is 1.59.